The minimum absolute atomic E-state index is 0.0727. The lowest BCUT2D eigenvalue weighted by molar-refractivity contribution is -0.135. The number of carbonyl (C=O) groups excluding carboxylic acids is 1. The van der Waals surface area contributed by atoms with Crippen molar-refractivity contribution >= 4 is 13.8 Å². The van der Waals surface area contributed by atoms with Gasteiger partial charge in [-0.25, -0.2) is 4.57 Å². The van der Waals surface area contributed by atoms with E-state index >= 15 is 0 Å². The van der Waals surface area contributed by atoms with Gasteiger partial charge in [-0.15, -0.1) is 0 Å². The fourth-order valence-electron chi connectivity index (χ4n) is 2.88. The molecule has 7 heteroatoms. The highest BCUT2D eigenvalue weighted by Gasteiger charge is 2.19. The maximum absolute atomic E-state index is 11.1. The summed E-state index contributed by atoms with van der Waals surface area (Å²) in [5, 5.41) is 0. The van der Waals surface area contributed by atoms with Gasteiger partial charge in [0, 0.05) is 6.42 Å². The number of unbranched alkanes of at least 4 members (excludes halogenated alkanes) is 11. The van der Waals surface area contributed by atoms with Gasteiger partial charge in [0.1, 0.15) is 5.76 Å². The second-order valence-corrected chi connectivity index (χ2v) is 8.68. The fraction of sp³-hybridized carbons (Fsp3) is 0.696. The molecule has 2 N–H and O–H groups in total. The van der Waals surface area contributed by atoms with E-state index in [9.17, 15) is 9.36 Å². The molecule has 6 nitrogen and oxygen atoms in total. The van der Waals surface area contributed by atoms with Gasteiger partial charge < -0.3 is 8.94 Å². The van der Waals surface area contributed by atoms with Crippen LogP contribution in [-0.4, -0.2) is 15.8 Å². The van der Waals surface area contributed by atoms with Gasteiger partial charge in [-0.05, 0) is 51.2 Å². The molecule has 0 aliphatic carbocycles. The quantitative estimate of drug-likeness (QED) is 0.158. The molecule has 174 valence electrons. The third-order valence-electron chi connectivity index (χ3n) is 4.53. The largest absolute Gasteiger partial charge is 0.526 e. The molecule has 0 spiro atoms. The molecule has 1 aromatic heterocycles. The average Bonchev–Trinajstić information content (AvgIpc) is 3.15. The molecule has 0 amide bonds. The van der Waals surface area contributed by atoms with Gasteiger partial charge in [-0.3, -0.25) is 14.6 Å². The van der Waals surface area contributed by atoms with E-state index in [1.165, 1.54) is 44.9 Å². The molecule has 0 fully saturated rings. The second-order valence-electron chi connectivity index (χ2n) is 7.51. The van der Waals surface area contributed by atoms with Crippen LogP contribution in [0.5, 0.6) is 0 Å². The van der Waals surface area contributed by atoms with E-state index in [0.29, 0.717) is 6.42 Å². The van der Waals surface area contributed by atoms with Crippen molar-refractivity contribution in [1.82, 2.24) is 0 Å². The fourth-order valence-corrected chi connectivity index (χ4v) is 3.24. The van der Waals surface area contributed by atoms with Crippen LogP contribution in [0.2, 0.25) is 0 Å². The van der Waals surface area contributed by atoms with Crippen molar-refractivity contribution in [2.24, 2.45) is 0 Å². The summed E-state index contributed by atoms with van der Waals surface area (Å²) >= 11 is 0. The third-order valence-corrected chi connectivity index (χ3v) is 4.97. The zero-order valence-corrected chi connectivity index (χ0v) is 19.7. The number of rotatable bonds is 16. The topological polar surface area (TPSA) is 97.0 Å². The van der Waals surface area contributed by atoms with Crippen molar-refractivity contribution in [3.05, 3.63) is 36.3 Å². The molecular formula is C23H41O6P. The summed E-state index contributed by atoms with van der Waals surface area (Å²) in [5.41, 5.74) is 0. The monoisotopic (exact) mass is 444 g/mol. The van der Waals surface area contributed by atoms with E-state index < -0.39 is 13.8 Å². The second kappa shape index (κ2) is 19.6. The molecular weight excluding hydrogens is 403 g/mol. The summed E-state index contributed by atoms with van der Waals surface area (Å²) in [6, 6.07) is 3.79. The van der Waals surface area contributed by atoms with Gasteiger partial charge in [-0.1, -0.05) is 70.4 Å². The van der Waals surface area contributed by atoms with E-state index in [-0.39, 0.29) is 6.42 Å². The number of aryl methyl sites for hydroxylation is 1. The predicted molar refractivity (Wildman–Crippen MR) is 121 cm³/mol. The number of hydrogen-bond donors (Lipinski definition) is 2. The van der Waals surface area contributed by atoms with Crippen molar-refractivity contribution in [2.75, 3.05) is 0 Å². The summed E-state index contributed by atoms with van der Waals surface area (Å²) in [5.74, 6) is 0.149. The highest BCUT2D eigenvalue weighted by molar-refractivity contribution is 7.46. The van der Waals surface area contributed by atoms with Gasteiger partial charge >= 0.3 is 13.8 Å². The average molecular weight is 445 g/mol. The SMILES string of the molecule is CCCCCCCCC=CCCCCCCCC(=O)OP(=O)(O)O.Cc1ccco1. The molecule has 0 radical (unpaired) electrons. The summed E-state index contributed by atoms with van der Waals surface area (Å²) in [4.78, 5) is 28.0. The Morgan fingerprint density at radius 3 is 1.93 bits per heavy atom. The molecule has 0 saturated heterocycles. The maximum Gasteiger partial charge on any atom is 0.526 e. The van der Waals surface area contributed by atoms with Crippen molar-refractivity contribution in [3.8, 4) is 0 Å². The van der Waals surface area contributed by atoms with E-state index in [1.54, 1.807) is 6.26 Å². The van der Waals surface area contributed by atoms with Crippen LogP contribution in [0.1, 0.15) is 103 Å². The Labute approximate surface area is 182 Å². The number of phosphoric ester groups is 1. The third kappa shape index (κ3) is 22.9. The number of phosphoric acid groups is 1. The molecule has 1 aromatic rings. The van der Waals surface area contributed by atoms with Gasteiger partial charge in [0.15, 0.2) is 0 Å². The first-order chi connectivity index (χ1) is 14.3. The molecule has 0 aliphatic rings. The normalized spacial score (nSPS) is 11.3. The zero-order valence-electron chi connectivity index (χ0n) is 18.8. The van der Waals surface area contributed by atoms with Gasteiger partial charge in [-0.2, -0.15) is 0 Å². The van der Waals surface area contributed by atoms with E-state index in [1.807, 2.05) is 19.1 Å². The molecule has 0 aliphatic heterocycles. The standard InChI is InChI=1S/C18H35O5P.C5H6O/c1-2-3-4-5-6-7-8-9-10-11-12-13-14-15-16-17-18(19)23-24(20,21)22;1-5-3-2-4-6-5/h9-10H,2-8,11-17H2,1H3,(H2,20,21,22);2-4H,1H3. The smallest absolute Gasteiger partial charge is 0.470 e. The van der Waals surface area contributed by atoms with Gasteiger partial charge in [0.05, 0.1) is 6.26 Å². The van der Waals surface area contributed by atoms with Crippen molar-refractivity contribution in [1.29, 1.82) is 0 Å². The summed E-state index contributed by atoms with van der Waals surface area (Å²) in [7, 11) is -4.67. The summed E-state index contributed by atoms with van der Waals surface area (Å²) in [6.07, 6.45) is 21.4. The van der Waals surface area contributed by atoms with Gasteiger partial charge in [0.25, 0.3) is 0 Å². The van der Waals surface area contributed by atoms with Crippen LogP contribution in [0, 0.1) is 6.92 Å². The lowest BCUT2D eigenvalue weighted by Crippen LogP contribution is -2.01. The molecule has 0 bridgehead atoms. The minimum Gasteiger partial charge on any atom is -0.470 e. The van der Waals surface area contributed by atoms with E-state index in [2.05, 4.69) is 23.6 Å². The Hall–Kier alpha value is -1.36. The Bertz CT molecular complexity index is 577. The Balaban J connectivity index is 0.00000118. The molecule has 0 saturated carbocycles. The molecule has 1 rings (SSSR count). The molecule has 0 atom stereocenters. The number of carbonyl (C=O) groups is 1. The van der Waals surface area contributed by atoms with Gasteiger partial charge in [0.2, 0.25) is 0 Å². The minimum atomic E-state index is -4.67. The van der Waals surface area contributed by atoms with Crippen LogP contribution in [0.15, 0.2) is 35.0 Å². The lowest BCUT2D eigenvalue weighted by Gasteiger charge is -2.04. The Morgan fingerprint density at radius 2 is 1.50 bits per heavy atom. The van der Waals surface area contributed by atoms with E-state index in [4.69, 9.17) is 14.2 Å². The molecule has 0 aromatic carbocycles. The van der Waals surface area contributed by atoms with Crippen LogP contribution in [0.25, 0.3) is 0 Å². The highest BCUT2D eigenvalue weighted by Crippen LogP contribution is 2.36. The van der Waals surface area contributed by atoms with E-state index in [0.717, 1.165) is 37.9 Å². The first-order valence-corrected chi connectivity index (χ1v) is 12.8. The zero-order chi connectivity index (χ0) is 22.5. The molecule has 30 heavy (non-hydrogen) atoms. The molecule has 0 unspecified atom stereocenters. The Kier molecular flexibility index (Phi) is 18.7. The van der Waals surface area contributed by atoms with Crippen molar-refractivity contribution in [3.63, 3.8) is 0 Å². The molecule has 1 heterocycles. The number of hydrogen-bond acceptors (Lipinski definition) is 4. The van der Waals surface area contributed by atoms with Crippen LogP contribution in [0.3, 0.4) is 0 Å². The highest BCUT2D eigenvalue weighted by atomic mass is 31.2. The first kappa shape index (κ1) is 28.6. The first-order valence-electron chi connectivity index (χ1n) is 11.3. The lowest BCUT2D eigenvalue weighted by atomic mass is 10.1. The van der Waals surface area contributed by atoms with Crippen molar-refractivity contribution < 1.29 is 28.1 Å². The van der Waals surface area contributed by atoms with Crippen LogP contribution in [-0.2, 0) is 13.9 Å². The Morgan fingerprint density at radius 1 is 0.967 bits per heavy atom. The predicted octanol–water partition coefficient (Wildman–Crippen LogP) is 7.25. The summed E-state index contributed by atoms with van der Waals surface area (Å²) in [6.45, 7) is 4.16. The number of allylic oxidation sites excluding steroid dienone is 2. The number of furan rings is 1. The van der Waals surface area contributed by atoms with Crippen LogP contribution in [0.4, 0.5) is 0 Å². The maximum atomic E-state index is 11.1. The van der Waals surface area contributed by atoms with Crippen molar-refractivity contribution in [2.45, 2.75) is 104 Å². The summed E-state index contributed by atoms with van der Waals surface area (Å²) < 4.78 is 19.3. The van der Waals surface area contributed by atoms with Crippen LogP contribution >= 0.6 is 7.82 Å². The van der Waals surface area contributed by atoms with Crippen LogP contribution < -0.4 is 0 Å².